The quantitative estimate of drug-likeness (QED) is 0.366. The van der Waals surface area contributed by atoms with Crippen molar-refractivity contribution in [3.05, 3.63) is 46.0 Å². The summed E-state index contributed by atoms with van der Waals surface area (Å²) in [6, 6.07) is 9.58. The summed E-state index contributed by atoms with van der Waals surface area (Å²) in [5.41, 5.74) is 0.877. The second kappa shape index (κ2) is 8.93. The van der Waals surface area contributed by atoms with Crippen LogP contribution in [0.25, 0.3) is 0 Å². The maximum atomic E-state index is 11.3. The van der Waals surface area contributed by atoms with E-state index in [0.717, 1.165) is 5.56 Å². The van der Waals surface area contributed by atoms with Gasteiger partial charge in [0.15, 0.2) is 22.9 Å². The first-order chi connectivity index (χ1) is 12.4. The number of benzene rings is 1. The van der Waals surface area contributed by atoms with E-state index in [1.165, 1.54) is 0 Å². The highest BCUT2D eigenvalue weighted by molar-refractivity contribution is 6.70. The minimum atomic E-state index is -2.03. The van der Waals surface area contributed by atoms with Crippen LogP contribution in [0.5, 0.6) is 0 Å². The summed E-state index contributed by atoms with van der Waals surface area (Å²) >= 11 is 0. The lowest BCUT2D eigenvalue weighted by Crippen LogP contribution is -2.56. The predicted molar refractivity (Wildman–Crippen MR) is 108 cm³/mol. The van der Waals surface area contributed by atoms with E-state index in [-0.39, 0.29) is 11.5 Å². The number of nitrogens with zero attached hydrogens (tertiary/aromatic N) is 1. The van der Waals surface area contributed by atoms with Crippen LogP contribution in [0, 0.1) is 10.1 Å². The van der Waals surface area contributed by atoms with Gasteiger partial charge in [-0.1, -0.05) is 30.3 Å². The zero-order valence-corrected chi connectivity index (χ0v) is 19.0. The molecule has 0 spiro atoms. The van der Waals surface area contributed by atoms with Gasteiger partial charge >= 0.3 is 0 Å². The Hall–Kier alpha value is -1.11. The van der Waals surface area contributed by atoms with Gasteiger partial charge in [-0.25, -0.2) is 0 Å². The molecule has 1 aromatic rings. The topological polar surface area (TPSA) is 80.1 Å². The van der Waals surface area contributed by atoms with Crippen molar-refractivity contribution in [2.24, 2.45) is 0 Å². The molecular formula is C18H31NO6Si2. The van der Waals surface area contributed by atoms with E-state index in [2.05, 4.69) is 19.6 Å². The number of ether oxygens (including phenoxy) is 2. The van der Waals surface area contributed by atoms with Gasteiger partial charge in [0.2, 0.25) is 6.54 Å². The summed E-state index contributed by atoms with van der Waals surface area (Å²) in [7, 11) is -3.94. The molecule has 0 bridgehead atoms. The molecule has 1 unspecified atom stereocenters. The van der Waals surface area contributed by atoms with Crippen molar-refractivity contribution in [2.45, 2.75) is 63.9 Å². The zero-order chi connectivity index (χ0) is 20.2. The molecule has 7 nitrogen and oxygen atoms in total. The summed E-state index contributed by atoms with van der Waals surface area (Å²) in [4.78, 5) is 11.0. The van der Waals surface area contributed by atoms with Gasteiger partial charge in [-0.3, -0.25) is 10.1 Å². The molecule has 1 aliphatic heterocycles. The monoisotopic (exact) mass is 413 g/mol. The lowest BCUT2D eigenvalue weighted by Gasteiger charge is -2.42. The molecule has 152 valence electrons. The van der Waals surface area contributed by atoms with Crippen LogP contribution in [-0.4, -0.2) is 53.0 Å². The fraction of sp³-hybridized carbons (Fsp3) is 0.667. The minimum Gasteiger partial charge on any atom is -0.410 e. The Labute approximate surface area is 163 Å². The van der Waals surface area contributed by atoms with Crippen LogP contribution >= 0.6 is 0 Å². The number of rotatable bonds is 8. The lowest BCUT2D eigenvalue weighted by molar-refractivity contribution is -0.494. The highest BCUT2D eigenvalue weighted by Gasteiger charge is 2.44. The Balaban J connectivity index is 2.29. The summed E-state index contributed by atoms with van der Waals surface area (Å²) < 4.78 is 24.5. The molecule has 2 rings (SSSR count). The van der Waals surface area contributed by atoms with Crippen LogP contribution in [-0.2, 0) is 18.3 Å². The number of hydrogen-bond donors (Lipinski definition) is 0. The molecule has 0 amide bonds. The number of nitro groups is 1. The fourth-order valence-electron chi connectivity index (χ4n) is 3.02. The van der Waals surface area contributed by atoms with Crippen molar-refractivity contribution in [3.8, 4) is 0 Å². The van der Waals surface area contributed by atoms with Crippen LogP contribution in [0.3, 0.4) is 0 Å². The third-order valence-electron chi connectivity index (χ3n) is 3.84. The van der Waals surface area contributed by atoms with Crippen molar-refractivity contribution in [2.75, 3.05) is 13.2 Å². The summed E-state index contributed by atoms with van der Waals surface area (Å²) in [6.07, 6.45) is -2.22. The average molecular weight is 414 g/mol. The van der Waals surface area contributed by atoms with E-state index in [1.54, 1.807) is 0 Å². The molecule has 0 aliphatic carbocycles. The Bertz CT molecular complexity index is 617. The normalized spacial score (nSPS) is 25.2. The van der Waals surface area contributed by atoms with Gasteiger partial charge in [-0.15, -0.1) is 0 Å². The van der Waals surface area contributed by atoms with Gasteiger partial charge < -0.3 is 18.3 Å². The molecular weight excluding hydrogens is 382 g/mol. The highest BCUT2D eigenvalue weighted by atomic mass is 28.4. The van der Waals surface area contributed by atoms with Gasteiger partial charge in [0, 0.05) is 10.5 Å². The van der Waals surface area contributed by atoms with E-state index in [0.29, 0.717) is 6.61 Å². The Morgan fingerprint density at radius 2 is 1.78 bits per heavy atom. The van der Waals surface area contributed by atoms with Gasteiger partial charge in [0.25, 0.3) is 0 Å². The highest BCUT2D eigenvalue weighted by Crippen LogP contribution is 2.32. The SMILES string of the molecule is C[Si](C)(C)O[C@@H]1COC(c2ccccc2)O[C@H]1[C@@H](C[N+](=O)[O-])O[Si](C)(C)C. The van der Waals surface area contributed by atoms with E-state index < -0.39 is 41.2 Å². The molecule has 1 aliphatic rings. The molecule has 1 fully saturated rings. The predicted octanol–water partition coefficient (Wildman–Crippen LogP) is 3.82. The van der Waals surface area contributed by atoms with Gasteiger partial charge in [0.1, 0.15) is 12.2 Å². The van der Waals surface area contributed by atoms with Crippen molar-refractivity contribution in [3.63, 3.8) is 0 Å². The molecule has 27 heavy (non-hydrogen) atoms. The first-order valence-corrected chi connectivity index (χ1v) is 16.1. The summed E-state index contributed by atoms with van der Waals surface area (Å²) in [5.74, 6) is 0. The van der Waals surface area contributed by atoms with Crippen LogP contribution in [0.1, 0.15) is 11.9 Å². The minimum absolute atomic E-state index is 0.317. The van der Waals surface area contributed by atoms with Gasteiger partial charge in [0.05, 0.1) is 12.7 Å². The molecule has 0 N–H and O–H groups in total. The largest absolute Gasteiger partial charge is 0.410 e. The Kier molecular flexibility index (Phi) is 7.34. The average Bonchev–Trinajstić information content (AvgIpc) is 2.52. The fourth-order valence-corrected chi connectivity index (χ4v) is 5.25. The molecule has 1 aromatic carbocycles. The molecule has 9 heteroatoms. The Morgan fingerprint density at radius 1 is 1.15 bits per heavy atom. The molecule has 0 saturated carbocycles. The van der Waals surface area contributed by atoms with Gasteiger partial charge in [-0.05, 0) is 39.3 Å². The molecule has 1 saturated heterocycles. The summed E-state index contributed by atoms with van der Waals surface area (Å²) in [5, 5.41) is 11.3. The first-order valence-electron chi connectivity index (χ1n) is 9.24. The second-order valence-electron chi connectivity index (χ2n) is 8.73. The zero-order valence-electron chi connectivity index (χ0n) is 17.0. The molecule has 0 aromatic heterocycles. The van der Waals surface area contributed by atoms with E-state index in [4.69, 9.17) is 18.3 Å². The maximum Gasteiger partial charge on any atom is 0.231 e. The standard InChI is InChI=1S/C18H31NO6Si2/c1-26(2,3)24-15(12-19(20)21)17-16(25-27(4,5)6)13-22-18(23-17)14-10-8-7-9-11-14/h7-11,15-18H,12-13H2,1-6H3/t15-,16-,17+,18?/m1/s1. The van der Waals surface area contributed by atoms with E-state index in [9.17, 15) is 10.1 Å². The van der Waals surface area contributed by atoms with Crippen molar-refractivity contribution >= 4 is 16.6 Å². The van der Waals surface area contributed by atoms with Crippen molar-refractivity contribution < 1.29 is 23.2 Å². The lowest BCUT2D eigenvalue weighted by atomic mass is 10.1. The first kappa shape index (κ1) is 22.2. The van der Waals surface area contributed by atoms with E-state index in [1.807, 2.05) is 50.0 Å². The molecule has 1 heterocycles. The molecule has 4 atom stereocenters. The van der Waals surface area contributed by atoms with Crippen LogP contribution < -0.4 is 0 Å². The smallest absolute Gasteiger partial charge is 0.231 e. The van der Waals surface area contributed by atoms with Crippen LogP contribution in [0.15, 0.2) is 30.3 Å². The van der Waals surface area contributed by atoms with Crippen molar-refractivity contribution in [1.82, 2.24) is 0 Å². The summed E-state index contributed by atoms with van der Waals surface area (Å²) in [6.45, 7) is 12.3. The molecule has 0 radical (unpaired) electrons. The number of hydrogen-bond acceptors (Lipinski definition) is 6. The van der Waals surface area contributed by atoms with Crippen LogP contribution in [0.2, 0.25) is 39.3 Å². The van der Waals surface area contributed by atoms with Gasteiger partial charge in [-0.2, -0.15) is 0 Å². The second-order valence-corrected chi connectivity index (χ2v) is 17.7. The van der Waals surface area contributed by atoms with Crippen LogP contribution in [0.4, 0.5) is 0 Å². The van der Waals surface area contributed by atoms with Crippen molar-refractivity contribution in [1.29, 1.82) is 0 Å². The Morgan fingerprint density at radius 3 is 2.30 bits per heavy atom. The third-order valence-corrected chi connectivity index (χ3v) is 5.86. The third kappa shape index (κ3) is 7.43. The maximum absolute atomic E-state index is 11.3. The van der Waals surface area contributed by atoms with E-state index >= 15 is 0 Å².